The fourth-order valence-electron chi connectivity index (χ4n) is 4.63. The van der Waals surface area contributed by atoms with Crippen molar-refractivity contribution >= 4 is 47.7 Å². The molecule has 0 spiro atoms. The van der Waals surface area contributed by atoms with Crippen LogP contribution in [-0.2, 0) is 9.47 Å². The summed E-state index contributed by atoms with van der Waals surface area (Å²) >= 11 is 0. The lowest BCUT2D eigenvalue weighted by atomic mass is 9.92. The van der Waals surface area contributed by atoms with Gasteiger partial charge in [-0.2, -0.15) is 9.97 Å². The highest BCUT2D eigenvalue weighted by Gasteiger charge is 2.23. The highest BCUT2D eigenvalue weighted by Crippen LogP contribution is 2.33. The van der Waals surface area contributed by atoms with Crippen molar-refractivity contribution in [3.8, 4) is 0 Å². The van der Waals surface area contributed by atoms with Gasteiger partial charge < -0.3 is 30.4 Å². The number of nitrogens with two attached hydrogens (primary N) is 1. The molecule has 11 heteroatoms. The number of anilines is 2. The predicted molar refractivity (Wildman–Crippen MR) is 137 cm³/mol. The van der Waals surface area contributed by atoms with E-state index in [2.05, 4.69) is 20.2 Å². The summed E-state index contributed by atoms with van der Waals surface area (Å²) in [7, 11) is 1.68. The van der Waals surface area contributed by atoms with Crippen LogP contribution in [0.5, 0.6) is 0 Å². The Balaban J connectivity index is 0.00000193. The van der Waals surface area contributed by atoms with E-state index in [4.69, 9.17) is 25.2 Å². The first kappa shape index (κ1) is 27.9. The lowest BCUT2D eigenvalue weighted by Gasteiger charge is -2.27. The molecule has 4 N–H and O–H groups in total. The highest BCUT2D eigenvalue weighted by molar-refractivity contribution is 5.86. The molecule has 188 valence electrons. The fourth-order valence-corrected chi connectivity index (χ4v) is 4.63. The van der Waals surface area contributed by atoms with E-state index in [9.17, 15) is 0 Å². The number of nitrogens with one attached hydrogen (secondary N) is 2. The molecule has 0 bridgehead atoms. The van der Waals surface area contributed by atoms with Crippen molar-refractivity contribution < 1.29 is 9.47 Å². The third-order valence-electron chi connectivity index (χ3n) is 6.43. The molecule has 2 aromatic rings. The van der Waals surface area contributed by atoms with Crippen molar-refractivity contribution in [2.45, 2.75) is 75.9 Å². The topological polar surface area (TPSA) is 112 Å². The molecule has 33 heavy (non-hydrogen) atoms. The molecule has 0 atom stereocenters. The molecule has 0 saturated heterocycles. The molecule has 2 saturated carbocycles. The number of methoxy groups -OCH3 is 1. The zero-order valence-electron chi connectivity index (χ0n) is 19.5. The van der Waals surface area contributed by atoms with Gasteiger partial charge >= 0.3 is 0 Å². The standard InChI is InChI=1S/C22H37N7O2.2ClH/c1-30-13-14-31-12-4-11-24-20-19-21(29(15-25-19)18-5-2-3-6-18)28-22(27-20)26-17-9-7-16(23)8-10-17;;/h15-18H,2-14,23H2,1H3,(H2,24,26,27,28);2*1H/t16-,17-;;. The van der Waals surface area contributed by atoms with Crippen molar-refractivity contribution in [2.24, 2.45) is 5.73 Å². The van der Waals surface area contributed by atoms with Crippen molar-refractivity contribution in [3.63, 3.8) is 0 Å². The predicted octanol–water partition coefficient (Wildman–Crippen LogP) is 3.93. The summed E-state index contributed by atoms with van der Waals surface area (Å²) in [5.74, 6) is 1.49. The van der Waals surface area contributed by atoms with Crippen molar-refractivity contribution in [1.29, 1.82) is 0 Å². The first-order valence-electron chi connectivity index (χ1n) is 11.8. The average molecular weight is 505 g/mol. The summed E-state index contributed by atoms with van der Waals surface area (Å²) in [6, 6.07) is 1.19. The molecule has 2 aliphatic rings. The number of hydrogen-bond acceptors (Lipinski definition) is 8. The maximum absolute atomic E-state index is 6.07. The Morgan fingerprint density at radius 2 is 1.79 bits per heavy atom. The van der Waals surface area contributed by atoms with Crippen LogP contribution in [0.2, 0.25) is 0 Å². The monoisotopic (exact) mass is 503 g/mol. The number of imidazole rings is 1. The number of nitrogens with zero attached hydrogens (tertiary/aromatic N) is 4. The second-order valence-electron chi connectivity index (χ2n) is 8.80. The summed E-state index contributed by atoms with van der Waals surface area (Å²) in [4.78, 5) is 14.4. The lowest BCUT2D eigenvalue weighted by molar-refractivity contribution is 0.0705. The van der Waals surface area contributed by atoms with Crippen LogP contribution >= 0.6 is 24.8 Å². The Morgan fingerprint density at radius 1 is 1.03 bits per heavy atom. The summed E-state index contributed by atoms with van der Waals surface area (Å²) in [6.45, 7) is 2.71. The first-order chi connectivity index (χ1) is 15.2. The van der Waals surface area contributed by atoms with Gasteiger partial charge in [0.2, 0.25) is 5.95 Å². The maximum atomic E-state index is 6.07. The van der Waals surface area contributed by atoms with Gasteiger partial charge in [-0.3, -0.25) is 0 Å². The molecule has 2 fully saturated rings. The van der Waals surface area contributed by atoms with Crippen LogP contribution < -0.4 is 16.4 Å². The molecule has 0 radical (unpaired) electrons. The molecule has 0 amide bonds. The minimum absolute atomic E-state index is 0. The van der Waals surface area contributed by atoms with Gasteiger partial charge in [0.1, 0.15) is 0 Å². The molecule has 2 aromatic heterocycles. The number of aromatic nitrogens is 4. The van der Waals surface area contributed by atoms with Crippen molar-refractivity contribution in [3.05, 3.63) is 6.33 Å². The van der Waals surface area contributed by atoms with E-state index in [0.717, 1.165) is 55.6 Å². The van der Waals surface area contributed by atoms with E-state index >= 15 is 0 Å². The van der Waals surface area contributed by atoms with Crippen LogP contribution in [-0.4, -0.2) is 65.1 Å². The Morgan fingerprint density at radius 3 is 2.52 bits per heavy atom. The van der Waals surface area contributed by atoms with E-state index in [-0.39, 0.29) is 24.8 Å². The summed E-state index contributed by atoms with van der Waals surface area (Å²) in [6.07, 6.45) is 12.0. The average Bonchev–Trinajstić information content (AvgIpc) is 3.44. The lowest BCUT2D eigenvalue weighted by Crippen LogP contribution is -2.33. The van der Waals surface area contributed by atoms with Gasteiger partial charge in [0.05, 0.1) is 19.5 Å². The largest absolute Gasteiger partial charge is 0.382 e. The van der Waals surface area contributed by atoms with Gasteiger partial charge in [0, 0.05) is 38.4 Å². The van der Waals surface area contributed by atoms with E-state index in [1.54, 1.807) is 7.11 Å². The second kappa shape index (κ2) is 14.1. The van der Waals surface area contributed by atoms with Crippen LogP contribution in [0.4, 0.5) is 11.8 Å². The molecule has 9 nitrogen and oxygen atoms in total. The zero-order valence-corrected chi connectivity index (χ0v) is 21.1. The molecule has 2 heterocycles. The molecule has 0 unspecified atom stereocenters. The van der Waals surface area contributed by atoms with Gasteiger partial charge in [0.15, 0.2) is 17.0 Å². The zero-order chi connectivity index (χ0) is 21.5. The molecular formula is C22H39Cl2N7O2. The maximum Gasteiger partial charge on any atom is 0.227 e. The van der Waals surface area contributed by atoms with Crippen LogP contribution in [0.1, 0.15) is 63.8 Å². The van der Waals surface area contributed by atoms with E-state index in [1.165, 1.54) is 25.7 Å². The molecular weight excluding hydrogens is 465 g/mol. The summed E-state index contributed by atoms with van der Waals surface area (Å²) in [5.41, 5.74) is 7.85. The SMILES string of the molecule is COCCOCCCNc1nc(N[C@H]2CC[C@H](N)CC2)nc2c1ncn2C1CCCC1.Cl.Cl. The first-order valence-corrected chi connectivity index (χ1v) is 11.8. The van der Waals surface area contributed by atoms with E-state index < -0.39 is 0 Å². The molecule has 2 aliphatic carbocycles. The third kappa shape index (κ3) is 7.55. The van der Waals surface area contributed by atoms with Gasteiger partial charge in [-0.15, -0.1) is 24.8 Å². The number of rotatable bonds is 11. The molecule has 4 rings (SSSR count). The van der Waals surface area contributed by atoms with Gasteiger partial charge in [-0.05, 0) is 44.9 Å². The second-order valence-corrected chi connectivity index (χ2v) is 8.80. The van der Waals surface area contributed by atoms with Crippen LogP contribution in [0.15, 0.2) is 6.33 Å². The van der Waals surface area contributed by atoms with Crippen molar-refractivity contribution in [2.75, 3.05) is 44.1 Å². The Hall–Kier alpha value is -1.39. The fraction of sp³-hybridized carbons (Fsp3) is 0.773. The minimum Gasteiger partial charge on any atom is -0.382 e. The van der Waals surface area contributed by atoms with Crippen LogP contribution in [0, 0.1) is 0 Å². The third-order valence-corrected chi connectivity index (χ3v) is 6.43. The normalized spacial score (nSPS) is 20.9. The molecule has 0 aliphatic heterocycles. The Bertz CT molecular complexity index is 824. The number of fused-ring (bicyclic) bond motifs is 1. The van der Waals surface area contributed by atoms with Crippen molar-refractivity contribution in [1.82, 2.24) is 19.5 Å². The smallest absolute Gasteiger partial charge is 0.227 e. The van der Waals surface area contributed by atoms with Crippen LogP contribution in [0.25, 0.3) is 11.2 Å². The molecule has 0 aromatic carbocycles. The van der Waals surface area contributed by atoms with E-state index in [1.807, 2.05) is 6.33 Å². The Labute approximate surface area is 208 Å². The number of hydrogen-bond donors (Lipinski definition) is 3. The number of halogens is 2. The van der Waals surface area contributed by atoms with Gasteiger partial charge in [-0.1, -0.05) is 12.8 Å². The Kier molecular flexibility index (Phi) is 11.9. The minimum atomic E-state index is 0. The highest BCUT2D eigenvalue weighted by atomic mass is 35.5. The quantitative estimate of drug-likeness (QED) is 0.395. The number of ether oxygens (including phenoxy) is 2. The van der Waals surface area contributed by atoms with Crippen LogP contribution in [0.3, 0.4) is 0 Å². The summed E-state index contributed by atoms with van der Waals surface area (Å²) in [5, 5.41) is 7.04. The van der Waals surface area contributed by atoms with Gasteiger partial charge in [0.25, 0.3) is 0 Å². The van der Waals surface area contributed by atoms with E-state index in [0.29, 0.717) is 43.9 Å². The summed E-state index contributed by atoms with van der Waals surface area (Å²) < 4.78 is 12.8. The van der Waals surface area contributed by atoms with Gasteiger partial charge in [-0.25, -0.2) is 4.98 Å².